The van der Waals surface area contributed by atoms with Gasteiger partial charge in [0.15, 0.2) is 25.2 Å². The van der Waals surface area contributed by atoms with Crippen LogP contribution in [0.2, 0.25) is 0 Å². The first-order valence-corrected chi connectivity index (χ1v) is 27.8. The van der Waals surface area contributed by atoms with E-state index in [9.17, 15) is 71.5 Å². The van der Waals surface area contributed by atoms with Gasteiger partial charge in [0.1, 0.15) is 91.6 Å². The lowest BCUT2D eigenvalue weighted by atomic mass is 9.35. The summed E-state index contributed by atoms with van der Waals surface area (Å²) in [6, 6.07) is 0. The second-order valence-corrected chi connectivity index (χ2v) is 25.5. The molecule has 0 unspecified atom stereocenters. The SMILES string of the molecule is CC(C)=CCC[C@@](O)(CO[C@@H]1O[C@H](CO)[C@@H](O)[C@H](O)[C@H]1O)[C@H]1CC[C@]2(C)[C@@H]1CC[C@@H]1[C@@]3(C)CC[C@H](O[C@@H]4O[C@H](CO)[C@@H](O)[C@H](O[C@@H]5O[C@H](CO)[C@@H](O)[C@H](O)[C@H]5O)[C@H]4O[C@@H]4O[C@@H](C)[C@H](O)[C@@H](O)[C@H]4O)C(C)(C)[C@H]3CC[C@]12C. The van der Waals surface area contributed by atoms with Crippen molar-refractivity contribution in [3.05, 3.63) is 11.6 Å². The monoisotopic (exact) mass is 1090 g/mol. The zero-order valence-electron chi connectivity index (χ0n) is 45.4. The standard InChI is InChI=1S/C54H92O22/c1-24(2)10-9-16-54(68,23-69-46-41(65)39(63)35(59)28(20-55)71-46)27-13-18-52(7)26(27)11-12-32-51(6)17-15-33(50(4,5)31(51)14-19-53(32,52)8)74-49-45(76-47-42(66)38(62)34(58)25(3)70-47)44(37(61)30(22-57)73-49)75-48-43(67)40(64)36(60)29(21-56)72-48/h10,25-49,55-68H,9,11-23H2,1-8H3/t25-,26+,27-,28+,29+,30+,31+,32+,33-,34-,35+,36+,37+,38+,39-,40-,41+,42+,43+,44-,45+,46+,47-,48-,49-,51-,52+,53+,54+/m0/s1. The van der Waals surface area contributed by atoms with Gasteiger partial charge in [0.05, 0.1) is 44.2 Å². The Balaban J connectivity index is 1.04. The number of hydrogen-bond acceptors (Lipinski definition) is 22. The summed E-state index contributed by atoms with van der Waals surface area (Å²) in [5, 5.41) is 152. The highest BCUT2D eigenvalue weighted by Crippen LogP contribution is 2.76. The van der Waals surface area contributed by atoms with E-state index < -0.39 is 160 Å². The lowest BCUT2D eigenvalue weighted by Crippen LogP contribution is -2.68. The van der Waals surface area contributed by atoms with Gasteiger partial charge in [0.25, 0.3) is 0 Å². The van der Waals surface area contributed by atoms with Gasteiger partial charge in [0, 0.05) is 0 Å². The first-order chi connectivity index (χ1) is 35.6. The maximum absolute atomic E-state index is 12.9. The van der Waals surface area contributed by atoms with E-state index in [1.165, 1.54) is 6.92 Å². The average Bonchev–Trinajstić information content (AvgIpc) is 3.79. The van der Waals surface area contributed by atoms with Crippen molar-refractivity contribution in [2.45, 2.75) is 254 Å². The van der Waals surface area contributed by atoms with E-state index in [2.05, 4.69) is 40.7 Å². The topological polar surface area (TPSA) is 357 Å². The molecule has 76 heavy (non-hydrogen) atoms. The molecule has 8 aliphatic rings. The first kappa shape index (κ1) is 60.9. The van der Waals surface area contributed by atoms with Crippen LogP contribution in [0.5, 0.6) is 0 Å². The Morgan fingerprint density at radius 1 is 0.539 bits per heavy atom. The van der Waals surface area contributed by atoms with Gasteiger partial charge in [-0.2, -0.15) is 0 Å². The van der Waals surface area contributed by atoms with Crippen LogP contribution in [0.3, 0.4) is 0 Å². The van der Waals surface area contributed by atoms with Crippen LogP contribution in [0.25, 0.3) is 0 Å². The molecule has 0 spiro atoms. The number of allylic oxidation sites excluding steroid dienone is 2. The fourth-order valence-electron chi connectivity index (χ4n) is 16.2. The van der Waals surface area contributed by atoms with Gasteiger partial charge in [-0.1, -0.05) is 46.3 Å². The highest BCUT2D eigenvalue weighted by atomic mass is 16.8. The zero-order valence-corrected chi connectivity index (χ0v) is 45.4. The predicted molar refractivity (Wildman–Crippen MR) is 265 cm³/mol. The number of aliphatic hydroxyl groups is 14. The lowest BCUT2D eigenvalue weighted by molar-refractivity contribution is -0.398. The summed E-state index contributed by atoms with van der Waals surface area (Å²) in [6.45, 7) is 14.7. The van der Waals surface area contributed by atoms with E-state index >= 15 is 0 Å². The smallest absolute Gasteiger partial charge is 0.187 e. The molecule has 4 heterocycles. The van der Waals surface area contributed by atoms with Gasteiger partial charge in [-0.05, 0) is 130 Å². The first-order valence-electron chi connectivity index (χ1n) is 27.8. The maximum atomic E-state index is 12.9. The Morgan fingerprint density at radius 2 is 1.07 bits per heavy atom. The molecule has 0 bridgehead atoms. The zero-order chi connectivity index (χ0) is 55.8. The van der Waals surface area contributed by atoms with Crippen molar-refractivity contribution < 1.29 is 109 Å². The number of rotatable bonds is 16. The molecule has 0 amide bonds. The minimum atomic E-state index is -1.90. The van der Waals surface area contributed by atoms with Crippen LogP contribution in [0.1, 0.15) is 120 Å². The summed E-state index contributed by atoms with van der Waals surface area (Å²) in [7, 11) is 0. The van der Waals surface area contributed by atoms with Crippen LogP contribution in [0, 0.1) is 45.3 Å². The molecular formula is C54H92O22. The van der Waals surface area contributed by atoms with Crippen molar-refractivity contribution in [1.29, 1.82) is 0 Å². The fraction of sp³-hybridized carbons (Fsp3) is 0.963. The van der Waals surface area contributed by atoms with E-state index in [4.69, 9.17) is 37.9 Å². The Morgan fingerprint density at radius 3 is 1.67 bits per heavy atom. The van der Waals surface area contributed by atoms with Gasteiger partial charge >= 0.3 is 0 Å². The molecule has 0 radical (unpaired) electrons. The summed E-state index contributed by atoms with van der Waals surface area (Å²) in [4.78, 5) is 0. The summed E-state index contributed by atoms with van der Waals surface area (Å²) in [6.07, 6.45) is -22.5. The molecular weight excluding hydrogens is 1000 g/mol. The van der Waals surface area contributed by atoms with Crippen LogP contribution in [0.4, 0.5) is 0 Å². The molecule has 22 nitrogen and oxygen atoms in total. The Hall–Kier alpha value is -1.14. The molecule has 0 aromatic rings. The van der Waals surface area contributed by atoms with Crippen molar-refractivity contribution in [3.63, 3.8) is 0 Å². The number of fused-ring (bicyclic) bond motifs is 5. The van der Waals surface area contributed by atoms with E-state index in [0.717, 1.165) is 50.5 Å². The summed E-state index contributed by atoms with van der Waals surface area (Å²) in [5.74, 6) is 0.313. The molecule has 4 saturated heterocycles. The Kier molecular flexibility index (Phi) is 18.6. The van der Waals surface area contributed by atoms with Crippen molar-refractivity contribution in [2.75, 3.05) is 26.4 Å². The van der Waals surface area contributed by atoms with Gasteiger partial charge in [0.2, 0.25) is 0 Å². The fourth-order valence-corrected chi connectivity index (χ4v) is 16.2. The quantitative estimate of drug-likeness (QED) is 0.0639. The molecule has 0 aromatic carbocycles. The van der Waals surface area contributed by atoms with Gasteiger partial charge < -0.3 is 109 Å². The van der Waals surface area contributed by atoms with Crippen LogP contribution in [-0.4, -0.2) is 232 Å². The Labute approximate surface area is 445 Å². The van der Waals surface area contributed by atoms with E-state index in [1.54, 1.807) is 0 Å². The minimum Gasteiger partial charge on any atom is -0.394 e. The molecule has 440 valence electrons. The van der Waals surface area contributed by atoms with Gasteiger partial charge in [-0.25, -0.2) is 0 Å². The average molecular weight is 1090 g/mol. The minimum absolute atomic E-state index is 0.103. The third kappa shape index (κ3) is 10.7. The molecule has 8 fully saturated rings. The predicted octanol–water partition coefficient (Wildman–Crippen LogP) is -1.17. The molecule has 4 saturated carbocycles. The third-order valence-corrected chi connectivity index (χ3v) is 20.8. The number of hydrogen-bond donors (Lipinski definition) is 14. The van der Waals surface area contributed by atoms with Crippen molar-refractivity contribution in [1.82, 2.24) is 0 Å². The molecule has 14 N–H and O–H groups in total. The van der Waals surface area contributed by atoms with Crippen LogP contribution < -0.4 is 0 Å². The summed E-state index contributed by atoms with van der Waals surface area (Å²) >= 11 is 0. The highest BCUT2D eigenvalue weighted by Gasteiger charge is 2.70. The summed E-state index contributed by atoms with van der Waals surface area (Å²) < 4.78 is 49.3. The van der Waals surface area contributed by atoms with Crippen molar-refractivity contribution in [3.8, 4) is 0 Å². The van der Waals surface area contributed by atoms with E-state index in [0.29, 0.717) is 19.3 Å². The van der Waals surface area contributed by atoms with E-state index in [-0.39, 0.29) is 46.5 Å². The maximum Gasteiger partial charge on any atom is 0.187 e. The van der Waals surface area contributed by atoms with Gasteiger partial charge in [-0.3, -0.25) is 0 Å². The number of ether oxygens (including phenoxy) is 8. The largest absolute Gasteiger partial charge is 0.394 e. The van der Waals surface area contributed by atoms with Crippen molar-refractivity contribution in [2.24, 2.45) is 45.3 Å². The normalized spacial score (nSPS) is 52.2. The molecule has 4 aliphatic carbocycles. The van der Waals surface area contributed by atoms with Crippen LogP contribution >= 0.6 is 0 Å². The molecule has 8 rings (SSSR count). The third-order valence-electron chi connectivity index (χ3n) is 20.8. The van der Waals surface area contributed by atoms with Crippen LogP contribution in [0.15, 0.2) is 11.6 Å². The molecule has 29 atom stereocenters. The van der Waals surface area contributed by atoms with E-state index in [1.807, 2.05) is 13.8 Å². The number of aliphatic hydroxyl groups excluding tert-OH is 13. The van der Waals surface area contributed by atoms with Gasteiger partial charge in [-0.15, -0.1) is 0 Å². The lowest BCUT2D eigenvalue weighted by Gasteiger charge is -2.70. The van der Waals surface area contributed by atoms with Crippen molar-refractivity contribution >= 4 is 0 Å². The molecule has 4 aliphatic heterocycles. The summed E-state index contributed by atoms with van der Waals surface area (Å²) in [5.41, 5.74) is -1.33. The molecule has 22 heteroatoms. The highest BCUT2D eigenvalue weighted by molar-refractivity contribution is 5.19. The second-order valence-electron chi connectivity index (χ2n) is 25.5. The van der Waals surface area contributed by atoms with Crippen LogP contribution in [-0.2, 0) is 37.9 Å². The Bertz CT molecular complexity index is 1960. The molecule has 0 aromatic heterocycles. The second kappa shape index (κ2) is 23.3.